The van der Waals surface area contributed by atoms with Gasteiger partial charge in [0.15, 0.2) is 18.2 Å². The van der Waals surface area contributed by atoms with Crippen LogP contribution in [0.3, 0.4) is 0 Å². The summed E-state index contributed by atoms with van der Waals surface area (Å²) in [5.41, 5.74) is -1.09. The molecule has 0 saturated carbocycles. The van der Waals surface area contributed by atoms with Crippen LogP contribution in [0.4, 0.5) is 22.4 Å². The number of carbonyl (C=O) groups excluding carboxylic acids is 2. The molecule has 0 bridgehead atoms. The predicted molar refractivity (Wildman–Crippen MR) is 137 cm³/mol. The van der Waals surface area contributed by atoms with Crippen molar-refractivity contribution < 1.29 is 41.4 Å². The molecule has 0 radical (unpaired) electrons. The van der Waals surface area contributed by atoms with E-state index in [4.69, 9.17) is 14.2 Å². The van der Waals surface area contributed by atoms with E-state index in [1.807, 2.05) is 0 Å². The Hall–Kier alpha value is -2.51. The number of aromatic nitrogens is 2. The van der Waals surface area contributed by atoms with Crippen molar-refractivity contribution in [2.24, 2.45) is 0 Å². The van der Waals surface area contributed by atoms with E-state index in [0.29, 0.717) is 12.9 Å². The van der Waals surface area contributed by atoms with Gasteiger partial charge in [0.2, 0.25) is 0 Å². The number of ether oxygens (including phenoxy) is 3. The Morgan fingerprint density at radius 1 is 1.18 bits per heavy atom. The number of halogens is 4. The number of fused-ring (bicyclic) bond motifs is 1. The van der Waals surface area contributed by atoms with Gasteiger partial charge < -0.3 is 24.1 Å². The van der Waals surface area contributed by atoms with E-state index in [1.165, 1.54) is 23.6 Å². The van der Waals surface area contributed by atoms with Crippen molar-refractivity contribution in [2.45, 2.75) is 97.1 Å². The molecule has 0 unspecified atom stereocenters. The Balaban J connectivity index is 2.59. The molecular formula is C25H37F4N3O5Si. The first kappa shape index (κ1) is 31.7. The van der Waals surface area contributed by atoms with E-state index >= 15 is 4.39 Å². The van der Waals surface area contributed by atoms with E-state index in [9.17, 15) is 22.8 Å². The van der Waals surface area contributed by atoms with E-state index < -0.39 is 50.0 Å². The largest absolute Gasteiger partial charge is 0.444 e. The summed E-state index contributed by atoms with van der Waals surface area (Å²) in [6.07, 6.45) is -8.68. The molecule has 3 atom stereocenters. The average Bonchev–Trinajstić information content (AvgIpc) is 3.11. The molecule has 1 amide bonds. The number of aldehydes is 1. The van der Waals surface area contributed by atoms with Gasteiger partial charge in [-0.05, 0) is 52.8 Å². The summed E-state index contributed by atoms with van der Waals surface area (Å²) in [6.45, 7) is 13.9. The quantitative estimate of drug-likeness (QED) is 0.151. The Bertz CT molecular complexity index is 1130. The van der Waals surface area contributed by atoms with Gasteiger partial charge >= 0.3 is 12.3 Å². The third kappa shape index (κ3) is 8.77. The second-order valence-corrected chi connectivity index (χ2v) is 17.0. The zero-order valence-corrected chi connectivity index (χ0v) is 24.0. The molecule has 1 N–H and O–H groups in total. The monoisotopic (exact) mass is 563 g/mol. The van der Waals surface area contributed by atoms with Crippen LogP contribution in [0.5, 0.6) is 0 Å². The second-order valence-electron chi connectivity index (χ2n) is 11.3. The molecule has 8 nitrogen and oxygen atoms in total. The first-order valence-corrected chi connectivity index (χ1v) is 16.0. The molecule has 2 rings (SSSR count). The summed E-state index contributed by atoms with van der Waals surface area (Å²) < 4.78 is 72.8. The summed E-state index contributed by atoms with van der Waals surface area (Å²) >= 11 is 0. The van der Waals surface area contributed by atoms with Gasteiger partial charge in [-0.25, -0.2) is 14.2 Å². The van der Waals surface area contributed by atoms with Crippen molar-refractivity contribution in [3.05, 3.63) is 29.3 Å². The highest BCUT2D eigenvalue weighted by Crippen LogP contribution is 2.31. The van der Waals surface area contributed by atoms with Crippen LogP contribution >= 0.6 is 0 Å². The Labute approximate surface area is 221 Å². The van der Waals surface area contributed by atoms with Crippen LogP contribution in [0.1, 0.15) is 56.8 Å². The van der Waals surface area contributed by atoms with Gasteiger partial charge in [-0.3, -0.25) is 4.79 Å². The van der Waals surface area contributed by atoms with Gasteiger partial charge in [-0.1, -0.05) is 19.6 Å². The minimum atomic E-state index is -4.66. The third-order valence-electron chi connectivity index (χ3n) is 5.56. The van der Waals surface area contributed by atoms with E-state index in [-0.39, 0.29) is 29.2 Å². The Morgan fingerprint density at radius 3 is 2.34 bits per heavy atom. The lowest BCUT2D eigenvalue weighted by Crippen LogP contribution is -2.43. The molecule has 1 aromatic heterocycles. The number of rotatable bonds is 11. The van der Waals surface area contributed by atoms with Crippen molar-refractivity contribution in [1.29, 1.82) is 0 Å². The fraction of sp³-hybridized carbons (Fsp3) is 0.640. The van der Waals surface area contributed by atoms with Crippen molar-refractivity contribution in [3.63, 3.8) is 0 Å². The Morgan fingerprint density at radius 2 is 1.82 bits per heavy atom. The highest BCUT2D eigenvalue weighted by Gasteiger charge is 2.40. The summed E-state index contributed by atoms with van der Waals surface area (Å²) in [7, 11) is -1.44. The Kier molecular flexibility index (Phi) is 10.1. The maximum atomic E-state index is 15.1. The normalized spacial score (nSPS) is 15.3. The van der Waals surface area contributed by atoms with Crippen LogP contribution in [-0.4, -0.2) is 60.6 Å². The van der Waals surface area contributed by atoms with Crippen LogP contribution < -0.4 is 5.32 Å². The molecule has 1 heterocycles. The van der Waals surface area contributed by atoms with E-state index in [0.717, 1.165) is 13.0 Å². The lowest BCUT2D eigenvalue weighted by atomic mass is 10.1. The van der Waals surface area contributed by atoms with Gasteiger partial charge in [-0.15, -0.1) is 0 Å². The summed E-state index contributed by atoms with van der Waals surface area (Å²) in [4.78, 5) is 28.3. The number of alkyl carbamates (subject to hydrolysis) is 1. The SMILES string of the molecule is C[C@@H](O[C@H](C)C(F)(F)F)[C@H](NC(=O)OC(C)(C)C)c1nc2c(F)c(C=O)ccc2n1COCC[Si](C)(C)C. The molecule has 0 aliphatic heterocycles. The first-order valence-electron chi connectivity index (χ1n) is 12.3. The van der Waals surface area contributed by atoms with Crippen molar-refractivity contribution in [1.82, 2.24) is 14.9 Å². The average molecular weight is 564 g/mol. The molecular weight excluding hydrogens is 526 g/mol. The van der Waals surface area contributed by atoms with Gasteiger partial charge in [0.25, 0.3) is 0 Å². The standard InChI is InChI=1S/C25H37F4N3O5Si/c1-15(36-16(2)25(27,28)29)20(31-23(34)37-24(3,4)5)22-30-21-18(10-9-17(13-33)19(21)26)32(22)14-35-11-12-38(6,7)8/h9-10,13,15-16,20H,11-12,14H2,1-8H3,(H,31,34)/t15-,16-,20+/m1/s1. The summed E-state index contributed by atoms with van der Waals surface area (Å²) in [6, 6.07) is 2.29. The molecule has 214 valence electrons. The summed E-state index contributed by atoms with van der Waals surface area (Å²) in [5.74, 6) is -0.907. The maximum absolute atomic E-state index is 15.1. The van der Waals surface area contributed by atoms with Crippen LogP contribution in [0.15, 0.2) is 12.1 Å². The molecule has 0 aliphatic rings. The maximum Gasteiger partial charge on any atom is 0.414 e. The van der Waals surface area contributed by atoms with Gasteiger partial charge in [-0.2, -0.15) is 13.2 Å². The fourth-order valence-corrected chi connectivity index (χ4v) is 4.25. The van der Waals surface area contributed by atoms with Crippen LogP contribution in [0.25, 0.3) is 11.0 Å². The summed E-state index contributed by atoms with van der Waals surface area (Å²) in [5, 5.41) is 2.53. The van der Waals surface area contributed by atoms with Gasteiger partial charge in [0, 0.05) is 14.7 Å². The number of imidazole rings is 1. The van der Waals surface area contributed by atoms with Crippen molar-refractivity contribution >= 4 is 31.5 Å². The van der Waals surface area contributed by atoms with E-state index in [1.54, 1.807) is 20.8 Å². The number of hydrogen-bond acceptors (Lipinski definition) is 6. The number of nitrogens with one attached hydrogen (secondary N) is 1. The number of nitrogens with zero attached hydrogens (tertiary/aromatic N) is 2. The minimum Gasteiger partial charge on any atom is -0.444 e. The molecule has 2 aromatic rings. The highest BCUT2D eigenvalue weighted by molar-refractivity contribution is 6.76. The molecule has 13 heteroatoms. The zero-order valence-electron chi connectivity index (χ0n) is 23.0. The van der Waals surface area contributed by atoms with Crippen molar-refractivity contribution in [3.8, 4) is 0 Å². The topological polar surface area (TPSA) is 91.7 Å². The smallest absolute Gasteiger partial charge is 0.414 e. The molecule has 0 saturated heterocycles. The lowest BCUT2D eigenvalue weighted by Gasteiger charge is -2.30. The number of hydrogen-bond donors (Lipinski definition) is 1. The van der Waals surface area contributed by atoms with E-state index in [2.05, 4.69) is 29.9 Å². The predicted octanol–water partition coefficient (Wildman–Crippen LogP) is 6.22. The number of alkyl halides is 3. The van der Waals surface area contributed by atoms with Gasteiger partial charge in [0.05, 0.1) is 17.2 Å². The lowest BCUT2D eigenvalue weighted by molar-refractivity contribution is -0.227. The second kappa shape index (κ2) is 12.1. The number of carbonyl (C=O) groups is 2. The molecule has 0 fully saturated rings. The fourth-order valence-electron chi connectivity index (χ4n) is 3.49. The van der Waals surface area contributed by atoms with Crippen LogP contribution in [0.2, 0.25) is 25.7 Å². The number of benzene rings is 1. The number of amides is 1. The van der Waals surface area contributed by atoms with Crippen LogP contribution in [-0.2, 0) is 20.9 Å². The third-order valence-corrected chi connectivity index (χ3v) is 7.27. The molecule has 1 aromatic carbocycles. The molecule has 0 spiro atoms. The highest BCUT2D eigenvalue weighted by atomic mass is 28.3. The molecule has 38 heavy (non-hydrogen) atoms. The molecule has 0 aliphatic carbocycles. The van der Waals surface area contributed by atoms with Gasteiger partial charge in [0.1, 0.15) is 29.7 Å². The van der Waals surface area contributed by atoms with Crippen molar-refractivity contribution in [2.75, 3.05) is 6.61 Å². The van der Waals surface area contributed by atoms with Crippen LogP contribution in [0, 0.1) is 5.82 Å². The minimum absolute atomic E-state index is 0.0114. The first-order chi connectivity index (χ1) is 17.3. The zero-order chi connectivity index (χ0) is 29.1.